The predicted octanol–water partition coefficient (Wildman–Crippen LogP) is 2.32. The molecule has 5 heteroatoms. The van der Waals surface area contributed by atoms with Crippen molar-refractivity contribution in [3.05, 3.63) is 22.4 Å². The van der Waals surface area contributed by atoms with Crippen LogP contribution in [0.5, 0.6) is 0 Å². The Morgan fingerprint density at radius 1 is 1.38 bits per heavy atom. The minimum Gasteiger partial charge on any atom is -0.357 e. The number of thiophene rings is 1. The number of terminal acetylenes is 1. The smallest absolute Gasteiger partial charge is 0.192 e. The van der Waals surface area contributed by atoms with Crippen LogP contribution in [0.2, 0.25) is 0 Å². The Hall–Kier alpha value is -1.51. The van der Waals surface area contributed by atoms with Gasteiger partial charge in [0.15, 0.2) is 5.96 Å². The highest BCUT2D eigenvalue weighted by molar-refractivity contribution is 7.07. The zero-order valence-electron chi connectivity index (χ0n) is 13.2. The van der Waals surface area contributed by atoms with Gasteiger partial charge in [0, 0.05) is 6.54 Å². The van der Waals surface area contributed by atoms with E-state index in [-0.39, 0.29) is 0 Å². The molecule has 1 heterocycles. The van der Waals surface area contributed by atoms with Crippen molar-refractivity contribution in [2.24, 2.45) is 4.99 Å². The Morgan fingerprint density at radius 2 is 2.14 bits per heavy atom. The lowest BCUT2D eigenvalue weighted by Gasteiger charge is -2.28. The van der Waals surface area contributed by atoms with E-state index in [9.17, 15) is 0 Å². The second-order valence-corrected chi connectivity index (χ2v) is 5.35. The summed E-state index contributed by atoms with van der Waals surface area (Å²) >= 11 is 1.73. The van der Waals surface area contributed by atoms with Crippen molar-refractivity contribution in [2.75, 3.05) is 32.7 Å². The topological polar surface area (TPSA) is 39.7 Å². The number of hydrogen-bond donors (Lipinski definition) is 2. The number of likely N-dealkylation sites (N-methyl/N-ethyl adjacent to an activating group) is 1. The molecule has 0 saturated heterocycles. The van der Waals surface area contributed by atoms with Crippen LogP contribution in [-0.2, 0) is 0 Å². The van der Waals surface area contributed by atoms with Gasteiger partial charge in [-0.2, -0.15) is 11.3 Å². The first-order chi connectivity index (χ1) is 10.3. The summed E-state index contributed by atoms with van der Waals surface area (Å²) in [6.07, 6.45) is 5.30. The standard InChI is InChI=1S/C16H26N4S/c1-5-10-18-16(17-6-2)19-12-15(20(7-3)8-4)14-9-11-21-13-14/h1,9,11,13,15H,6-8,10,12H2,2-4H3,(H2,17,18,19). The summed E-state index contributed by atoms with van der Waals surface area (Å²) in [4.78, 5) is 7.11. The minimum atomic E-state index is 0.313. The molecule has 116 valence electrons. The SMILES string of the molecule is C#CCNC(=NCC(c1ccsc1)N(CC)CC)NCC. The molecule has 0 spiro atoms. The summed E-state index contributed by atoms with van der Waals surface area (Å²) in [5.41, 5.74) is 1.33. The van der Waals surface area contributed by atoms with Gasteiger partial charge < -0.3 is 10.6 Å². The van der Waals surface area contributed by atoms with Crippen molar-refractivity contribution in [3.63, 3.8) is 0 Å². The second kappa shape index (κ2) is 10.3. The molecule has 0 fully saturated rings. The molecule has 0 amide bonds. The van der Waals surface area contributed by atoms with Crippen molar-refractivity contribution in [3.8, 4) is 12.3 Å². The highest BCUT2D eigenvalue weighted by atomic mass is 32.1. The molecule has 21 heavy (non-hydrogen) atoms. The van der Waals surface area contributed by atoms with Crippen LogP contribution in [0.25, 0.3) is 0 Å². The fourth-order valence-electron chi connectivity index (χ4n) is 2.21. The van der Waals surface area contributed by atoms with Crippen LogP contribution in [0.1, 0.15) is 32.4 Å². The normalized spacial score (nSPS) is 13.0. The molecular weight excluding hydrogens is 280 g/mol. The van der Waals surface area contributed by atoms with Gasteiger partial charge in [-0.05, 0) is 42.4 Å². The van der Waals surface area contributed by atoms with E-state index in [2.05, 4.69) is 57.1 Å². The Morgan fingerprint density at radius 3 is 2.67 bits per heavy atom. The molecule has 1 aromatic heterocycles. The summed E-state index contributed by atoms with van der Waals surface area (Å²) in [7, 11) is 0. The first-order valence-corrected chi connectivity index (χ1v) is 8.42. The van der Waals surface area contributed by atoms with Gasteiger partial charge in [0.2, 0.25) is 0 Å². The summed E-state index contributed by atoms with van der Waals surface area (Å²) in [6, 6.07) is 2.50. The number of nitrogens with one attached hydrogen (secondary N) is 2. The third-order valence-electron chi connectivity index (χ3n) is 3.31. The van der Waals surface area contributed by atoms with Gasteiger partial charge in [-0.1, -0.05) is 19.8 Å². The van der Waals surface area contributed by atoms with Gasteiger partial charge in [0.25, 0.3) is 0 Å². The number of aliphatic imine (C=N–C) groups is 1. The third-order valence-corrected chi connectivity index (χ3v) is 4.01. The third kappa shape index (κ3) is 5.78. The first-order valence-electron chi connectivity index (χ1n) is 7.48. The fraction of sp³-hybridized carbons (Fsp3) is 0.562. The molecule has 0 saturated carbocycles. The minimum absolute atomic E-state index is 0.313. The quantitative estimate of drug-likeness (QED) is 0.440. The molecule has 1 aromatic rings. The van der Waals surface area contributed by atoms with Crippen LogP contribution in [0.3, 0.4) is 0 Å². The lowest BCUT2D eigenvalue weighted by Crippen LogP contribution is -2.38. The molecule has 0 aliphatic heterocycles. The molecule has 1 unspecified atom stereocenters. The highest BCUT2D eigenvalue weighted by Crippen LogP contribution is 2.23. The zero-order chi connectivity index (χ0) is 15.5. The van der Waals surface area contributed by atoms with Crippen LogP contribution in [0.4, 0.5) is 0 Å². The van der Waals surface area contributed by atoms with Gasteiger partial charge >= 0.3 is 0 Å². The zero-order valence-corrected chi connectivity index (χ0v) is 14.0. The number of guanidine groups is 1. The van der Waals surface area contributed by atoms with Gasteiger partial charge in [0.1, 0.15) is 0 Å². The molecule has 0 aliphatic carbocycles. The van der Waals surface area contributed by atoms with Gasteiger partial charge in [-0.15, -0.1) is 6.42 Å². The highest BCUT2D eigenvalue weighted by Gasteiger charge is 2.18. The van der Waals surface area contributed by atoms with Crippen LogP contribution >= 0.6 is 11.3 Å². The maximum atomic E-state index is 5.30. The average Bonchev–Trinajstić information content (AvgIpc) is 3.02. The van der Waals surface area contributed by atoms with E-state index < -0.39 is 0 Å². The molecular formula is C16H26N4S. The monoisotopic (exact) mass is 306 g/mol. The van der Waals surface area contributed by atoms with Crippen LogP contribution < -0.4 is 10.6 Å². The first kappa shape index (κ1) is 17.5. The number of hydrogen-bond acceptors (Lipinski definition) is 3. The van der Waals surface area contributed by atoms with Gasteiger partial charge in [-0.3, -0.25) is 9.89 Å². The van der Waals surface area contributed by atoms with Crippen molar-refractivity contribution < 1.29 is 0 Å². The van der Waals surface area contributed by atoms with E-state index in [1.54, 1.807) is 11.3 Å². The van der Waals surface area contributed by atoms with Crippen molar-refractivity contribution >= 4 is 17.3 Å². The summed E-state index contributed by atoms with van der Waals surface area (Å²) in [5, 5.41) is 10.7. The van der Waals surface area contributed by atoms with Crippen molar-refractivity contribution in [1.82, 2.24) is 15.5 Å². The lowest BCUT2D eigenvalue weighted by molar-refractivity contribution is 0.224. The van der Waals surface area contributed by atoms with Crippen LogP contribution in [-0.4, -0.2) is 43.6 Å². The number of rotatable bonds is 8. The maximum absolute atomic E-state index is 5.30. The van der Waals surface area contributed by atoms with E-state index in [0.29, 0.717) is 12.6 Å². The summed E-state index contributed by atoms with van der Waals surface area (Å²) in [6.45, 7) is 10.5. The van der Waals surface area contributed by atoms with E-state index in [1.165, 1.54) is 5.56 Å². The Kier molecular flexibility index (Phi) is 8.56. The summed E-state index contributed by atoms with van der Waals surface area (Å²) in [5.74, 6) is 3.36. The average molecular weight is 306 g/mol. The Bertz CT molecular complexity index is 443. The van der Waals surface area contributed by atoms with Crippen LogP contribution in [0, 0.1) is 12.3 Å². The maximum Gasteiger partial charge on any atom is 0.192 e. The predicted molar refractivity (Wildman–Crippen MR) is 92.8 cm³/mol. The van der Waals surface area contributed by atoms with E-state index in [1.807, 2.05) is 6.92 Å². The lowest BCUT2D eigenvalue weighted by atomic mass is 10.1. The Labute approximate surface area is 132 Å². The van der Waals surface area contributed by atoms with Gasteiger partial charge in [-0.25, -0.2) is 0 Å². The fourth-order valence-corrected chi connectivity index (χ4v) is 2.92. The van der Waals surface area contributed by atoms with E-state index in [0.717, 1.165) is 32.1 Å². The molecule has 1 rings (SSSR count). The molecule has 0 aromatic carbocycles. The molecule has 0 radical (unpaired) electrons. The van der Waals surface area contributed by atoms with E-state index in [4.69, 9.17) is 6.42 Å². The molecule has 0 aliphatic rings. The second-order valence-electron chi connectivity index (χ2n) is 4.57. The molecule has 0 bridgehead atoms. The summed E-state index contributed by atoms with van der Waals surface area (Å²) < 4.78 is 0. The van der Waals surface area contributed by atoms with Crippen molar-refractivity contribution in [2.45, 2.75) is 26.8 Å². The van der Waals surface area contributed by atoms with Crippen molar-refractivity contribution in [1.29, 1.82) is 0 Å². The number of nitrogens with zero attached hydrogens (tertiary/aromatic N) is 2. The van der Waals surface area contributed by atoms with Gasteiger partial charge in [0.05, 0.1) is 19.1 Å². The Balaban J connectivity index is 2.82. The molecule has 4 nitrogen and oxygen atoms in total. The molecule has 1 atom stereocenters. The largest absolute Gasteiger partial charge is 0.357 e. The van der Waals surface area contributed by atoms with E-state index >= 15 is 0 Å². The molecule has 2 N–H and O–H groups in total. The van der Waals surface area contributed by atoms with Crippen LogP contribution in [0.15, 0.2) is 21.8 Å².